The van der Waals surface area contributed by atoms with Crippen molar-refractivity contribution < 1.29 is 0 Å². The summed E-state index contributed by atoms with van der Waals surface area (Å²) in [5.74, 6) is 0.882. The number of nitrogens with two attached hydrogens (primary N) is 1. The molecular formula is C18H28N2. The van der Waals surface area contributed by atoms with Crippen LogP contribution in [0.2, 0.25) is 0 Å². The highest BCUT2D eigenvalue weighted by atomic mass is 15.2. The van der Waals surface area contributed by atoms with E-state index in [-0.39, 0.29) is 0 Å². The topological polar surface area (TPSA) is 29.3 Å². The van der Waals surface area contributed by atoms with Crippen molar-refractivity contribution in [3.05, 3.63) is 29.8 Å². The van der Waals surface area contributed by atoms with Crippen molar-refractivity contribution in [2.24, 2.45) is 16.7 Å². The first-order valence-electron chi connectivity index (χ1n) is 7.97. The summed E-state index contributed by atoms with van der Waals surface area (Å²) in [6, 6.07) is 8.36. The van der Waals surface area contributed by atoms with Crippen LogP contribution < -0.4 is 5.73 Å². The van der Waals surface area contributed by atoms with Crippen LogP contribution in [0, 0.1) is 16.7 Å². The number of benzene rings is 1. The van der Waals surface area contributed by atoms with Crippen LogP contribution >= 0.6 is 0 Å². The number of nitrogen functional groups attached to an aromatic ring is 1. The van der Waals surface area contributed by atoms with Gasteiger partial charge in [-0.05, 0) is 53.7 Å². The molecule has 2 atom stereocenters. The Morgan fingerprint density at radius 1 is 1.20 bits per heavy atom. The summed E-state index contributed by atoms with van der Waals surface area (Å²) >= 11 is 0. The van der Waals surface area contributed by atoms with Crippen LogP contribution in [0.5, 0.6) is 0 Å². The zero-order chi connectivity index (χ0) is 14.4. The highest BCUT2D eigenvalue weighted by Gasteiger charge is 2.55. The van der Waals surface area contributed by atoms with E-state index in [0.29, 0.717) is 10.8 Å². The summed E-state index contributed by atoms with van der Waals surface area (Å²) in [4.78, 5) is 2.69. The van der Waals surface area contributed by atoms with E-state index < -0.39 is 0 Å². The molecule has 1 saturated heterocycles. The van der Waals surface area contributed by atoms with E-state index in [2.05, 4.69) is 37.8 Å². The monoisotopic (exact) mass is 272 g/mol. The molecule has 2 bridgehead atoms. The van der Waals surface area contributed by atoms with Gasteiger partial charge in [-0.3, -0.25) is 0 Å². The Morgan fingerprint density at radius 2 is 1.90 bits per heavy atom. The highest BCUT2D eigenvalue weighted by Crippen LogP contribution is 2.58. The van der Waals surface area contributed by atoms with Crippen molar-refractivity contribution in [1.29, 1.82) is 0 Å². The fraction of sp³-hybridized carbons (Fsp3) is 0.667. The molecule has 20 heavy (non-hydrogen) atoms. The van der Waals surface area contributed by atoms with Gasteiger partial charge < -0.3 is 10.6 Å². The van der Waals surface area contributed by atoms with E-state index in [1.807, 2.05) is 12.1 Å². The van der Waals surface area contributed by atoms with E-state index in [4.69, 9.17) is 5.73 Å². The zero-order valence-corrected chi connectivity index (χ0v) is 13.2. The van der Waals surface area contributed by atoms with Crippen LogP contribution in [-0.4, -0.2) is 24.5 Å². The molecule has 2 nitrogen and oxygen atoms in total. The molecule has 1 saturated carbocycles. The molecule has 110 valence electrons. The lowest BCUT2D eigenvalue weighted by Crippen LogP contribution is -2.52. The number of anilines is 1. The first-order valence-corrected chi connectivity index (χ1v) is 7.97. The molecule has 2 N–H and O–H groups in total. The quantitative estimate of drug-likeness (QED) is 0.852. The summed E-state index contributed by atoms with van der Waals surface area (Å²) in [5, 5.41) is 0. The number of hydrogen-bond donors (Lipinski definition) is 1. The molecular weight excluding hydrogens is 244 g/mol. The predicted molar refractivity (Wildman–Crippen MR) is 85.6 cm³/mol. The first kappa shape index (κ1) is 13.9. The molecule has 0 radical (unpaired) electrons. The third-order valence-corrected chi connectivity index (χ3v) is 6.37. The largest absolute Gasteiger partial charge is 0.399 e. The molecule has 2 fully saturated rings. The molecule has 0 aromatic heterocycles. The van der Waals surface area contributed by atoms with Crippen molar-refractivity contribution in [1.82, 2.24) is 4.90 Å². The second-order valence-electron chi connectivity index (χ2n) is 7.74. The average molecular weight is 272 g/mol. The molecule has 1 aliphatic carbocycles. The van der Waals surface area contributed by atoms with Gasteiger partial charge in [-0.25, -0.2) is 0 Å². The number of rotatable bonds is 3. The average Bonchev–Trinajstić information content (AvgIpc) is 2.55. The van der Waals surface area contributed by atoms with Gasteiger partial charge in [0.1, 0.15) is 0 Å². The van der Waals surface area contributed by atoms with E-state index >= 15 is 0 Å². The Labute approximate surface area is 123 Å². The Morgan fingerprint density at radius 3 is 2.55 bits per heavy atom. The summed E-state index contributed by atoms with van der Waals surface area (Å²) < 4.78 is 0. The zero-order valence-electron chi connectivity index (χ0n) is 13.2. The normalized spacial score (nSPS) is 32.5. The Hall–Kier alpha value is -1.02. The molecule has 2 aliphatic rings. The predicted octanol–water partition coefficient (Wildman–Crippen LogP) is 3.57. The molecule has 1 unspecified atom stereocenters. The van der Waals surface area contributed by atoms with Gasteiger partial charge in [-0.1, -0.05) is 32.9 Å². The fourth-order valence-electron chi connectivity index (χ4n) is 4.28. The number of fused-ring (bicyclic) bond motifs is 2. The number of piperidine rings is 1. The molecule has 1 aromatic rings. The molecule has 1 heterocycles. The molecule has 0 spiro atoms. The summed E-state index contributed by atoms with van der Waals surface area (Å²) in [5.41, 5.74) is 9.04. The van der Waals surface area contributed by atoms with Crippen LogP contribution in [0.1, 0.15) is 39.2 Å². The maximum Gasteiger partial charge on any atom is 0.0314 e. The van der Waals surface area contributed by atoms with Crippen LogP contribution in [0.25, 0.3) is 0 Å². The van der Waals surface area contributed by atoms with E-state index in [1.165, 1.54) is 38.0 Å². The van der Waals surface area contributed by atoms with Gasteiger partial charge in [-0.15, -0.1) is 0 Å². The van der Waals surface area contributed by atoms with E-state index in [0.717, 1.165) is 18.0 Å². The van der Waals surface area contributed by atoms with Crippen molar-refractivity contribution in [2.45, 2.75) is 40.0 Å². The standard InChI is InChI=1S/C18H28N2/c1-17(2)15-8-10-18(17,3)13-20(12-15)11-9-14-4-6-16(19)7-5-14/h4-7,15H,8-13,19H2,1-3H3/t15?,18-/m0/s1. The van der Waals surface area contributed by atoms with Crippen LogP contribution in [0.4, 0.5) is 5.69 Å². The second kappa shape index (κ2) is 4.77. The summed E-state index contributed by atoms with van der Waals surface area (Å²) in [6.45, 7) is 11.2. The molecule has 2 heteroatoms. The minimum atomic E-state index is 0.511. The molecule has 1 aliphatic heterocycles. The third kappa shape index (κ3) is 2.24. The Kier molecular flexibility index (Phi) is 3.32. The van der Waals surface area contributed by atoms with Crippen molar-refractivity contribution in [3.63, 3.8) is 0 Å². The van der Waals surface area contributed by atoms with Crippen LogP contribution in [0.15, 0.2) is 24.3 Å². The van der Waals surface area contributed by atoms with Gasteiger partial charge >= 0.3 is 0 Å². The summed E-state index contributed by atoms with van der Waals surface area (Å²) in [6.07, 6.45) is 3.97. The van der Waals surface area contributed by atoms with Gasteiger partial charge in [-0.2, -0.15) is 0 Å². The maximum absolute atomic E-state index is 5.75. The van der Waals surface area contributed by atoms with Gasteiger partial charge in [0.15, 0.2) is 0 Å². The molecule has 0 amide bonds. The second-order valence-corrected chi connectivity index (χ2v) is 7.74. The summed E-state index contributed by atoms with van der Waals surface area (Å²) in [7, 11) is 0. The lowest BCUT2D eigenvalue weighted by atomic mass is 9.63. The third-order valence-electron chi connectivity index (χ3n) is 6.37. The van der Waals surface area contributed by atoms with Crippen molar-refractivity contribution in [2.75, 3.05) is 25.4 Å². The maximum atomic E-state index is 5.75. The lowest BCUT2D eigenvalue weighted by Gasteiger charge is -2.50. The van der Waals surface area contributed by atoms with E-state index in [9.17, 15) is 0 Å². The number of likely N-dealkylation sites (tertiary alicyclic amines) is 1. The van der Waals surface area contributed by atoms with Crippen molar-refractivity contribution >= 4 is 5.69 Å². The lowest BCUT2D eigenvalue weighted by molar-refractivity contribution is -0.0169. The van der Waals surface area contributed by atoms with E-state index in [1.54, 1.807) is 0 Å². The van der Waals surface area contributed by atoms with Crippen LogP contribution in [0.3, 0.4) is 0 Å². The van der Waals surface area contributed by atoms with Gasteiger partial charge in [0, 0.05) is 25.3 Å². The van der Waals surface area contributed by atoms with Crippen molar-refractivity contribution in [3.8, 4) is 0 Å². The smallest absolute Gasteiger partial charge is 0.0314 e. The Bertz CT molecular complexity index is 477. The van der Waals surface area contributed by atoms with Gasteiger partial charge in [0.05, 0.1) is 0 Å². The van der Waals surface area contributed by atoms with Gasteiger partial charge in [0.25, 0.3) is 0 Å². The Balaban J connectivity index is 1.62. The SMILES string of the molecule is CC1(C)C2CC[C@@]1(C)CN(CCc1ccc(N)cc1)C2. The number of hydrogen-bond acceptors (Lipinski definition) is 2. The molecule has 3 rings (SSSR count). The van der Waals surface area contributed by atoms with Gasteiger partial charge in [0.2, 0.25) is 0 Å². The minimum absolute atomic E-state index is 0.511. The molecule has 1 aromatic carbocycles. The minimum Gasteiger partial charge on any atom is -0.399 e. The van der Waals surface area contributed by atoms with Crippen LogP contribution in [-0.2, 0) is 6.42 Å². The highest BCUT2D eigenvalue weighted by molar-refractivity contribution is 5.39. The fourth-order valence-corrected chi connectivity index (χ4v) is 4.28. The number of nitrogens with zero attached hydrogens (tertiary/aromatic N) is 1. The first-order chi connectivity index (χ1) is 9.41.